The Morgan fingerprint density at radius 2 is 2.11 bits per heavy atom. The van der Waals surface area contributed by atoms with E-state index in [0.717, 1.165) is 18.8 Å². The first kappa shape index (κ1) is 13.4. The molecule has 0 aliphatic heterocycles. The summed E-state index contributed by atoms with van der Waals surface area (Å²) in [5.74, 6) is 0.985. The van der Waals surface area contributed by atoms with Gasteiger partial charge < -0.3 is 14.8 Å². The van der Waals surface area contributed by atoms with Crippen LogP contribution in [0.5, 0.6) is 5.75 Å². The molecule has 1 fully saturated rings. The highest BCUT2D eigenvalue weighted by Gasteiger charge is 2.42. The van der Waals surface area contributed by atoms with Gasteiger partial charge in [0.15, 0.2) is 0 Å². The largest absolute Gasteiger partial charge is 0.487 e. The summed E-state index contributed by atoms with van der Waals surface area (Å²) >= 11 is 0. The summed E-state index contributed by atoms with van der Waals surface area (Å²) in [6.07, 6.45) is 1.34. The van der Waals surface area contributed by atoms with E-state index in [2.05, 4.69) is 25.2 Å². The lowest BCUT2D eigenvalue weighted by atomic mass is 9.85. The van der Waals surface area contributed by atoms with E-state index < -0.39 is 0 Å². The number of hydrogen-bond donors (Lipinski definition) is 1. The lowest BCUT2D eigenvalue weighted by molar-refractivity contribution is -0.103. The summed E-state index contributed by atoms with van der Waals surface area (Å²) in [4.78, 5) is 0. The maximum absolute atomic E-state index is 6.09. The standard InChI is InChI=1S/C15H23NO2/c1-5-17-15-12(16-4)9-14(15)18-13-8-6-7-10(2)11(13)3/h6-8,12,14-16H,5,9H2,1-4H3. The second-order valence-electron chi connectivity index (χ2n) is 4.91. The van der Waals surface area contributed by atoms with Gasteiger partial charge in [-0.3, -0.25) is 0 Å². The maximum atomic E-state index is 6.09. The molecule has 3 nitrogen and oxygen atoms in total. The van der Waals surface area contributed by atoms with Crippen LogP contribution in [0.25, 0.3) is 0 Å². The summed E-state index contributed by atoms with van der Waals surface area (Å²) in [6.45, 7) is 6.98. The van der Waals surface area contributed by atoms with Crippen molar-refractivity contribution in [1.29, 1.82) is 0 Å². The molecule has 2 rings (SSSR count). The van der Waals surface area contributed by atoms with Crippen LogP contribution in [0.3, 0.4) is 0 Å². The summed E-state index contributed by atoms with van der Waals surface area (Å²) in [6, 6.07) is 6.61. The molecule has 1 saturated carbocycles. The molecule has 0 heterocycles. The van der Waals surface area contributed by atoms with Crippen molar-refractivity contribution >= 4 is 0 Å². The van der Waals surface area contributed by atoms with Gasteiger partial charge in [-0.25, -0.2) is 0 Å². The van der Waals surface area contributed by atoms with Crippen molar-refractivity contribution in [3.63, 3.8) is 0 Å². The second kappa shape index (κ2) is 5.72. The lowest BCUT2D eigenvalue weighted by Crippen LogP contribution is -2.60. The summed E-state index contributed by atoms with van der Waals surface area (Å²) in [5.41, 5.74) is 2.49. The minimum absolute atomic E-state index is 0.167. The van der Waals surface area contributed by atoms with Crippen molar-refractivity contribution in [2.24, 2.45) is 0 Å². The Labute approximate surface area is 109 Å². The molecule has 1 aliphatic rings. The maximum Gasteiger partial charge on any atom is 0.128 e. The number of aryl methyl sites for hydroxylation is 1. The molecule has 18 heavy (non-hydrogen) atoms. The molecular weight excluding hydrogens is 226 g/mol. The van der Waals surface area contributed by atoms with Crippen molar-refractivity contribution in [2.75, 3.05) is 13.7 Å². The van der Waals surface area contributed by atoms with Crippen LogP contribution < -0.4 is 10.1 Å². The molecule has 1 aliphatic carbocycles. The Morgan fingerprint density at radius 3 is 2.78 bits per heavy atom. The molecule has 0 aromatic heterocycles. The van der Waals surface area contributed by atoms with Crippen LogP contribution >= 0.6 is 0 Å². The van der Waals surface area contributed by atoms with Crippen LogP contribution in [-0.2, 0) is 4.74 Å². The fourth-order valence-corrected chi connectivity index (χ4v) is 2.41. The van der Waals surface area contributed by atoms with E-state index >= 15 is 0 Å². The first-order valence-electron chi connectivity index (χ1n) is 6.69. The average Bonchev–Trinajstić information content (AvgIpc) is 2.36. The normalized spacial score (nSPS) is 26.8. The third kappa shape index (κ3) is 2.52. The molecule has 0 bridgehead atoms. The van der Waals surface area contributed by atoms with Gasteiger partial charge >= 0.3 is 0 Å². The van der Waals surface area contributed by atoms with Crippen molar-refractivity contribution in [2.45, 2.75) is 45.4 Å². The van der Waals surface area contributed by atoms with Crippen LogP contribution in [0.4, 0.5) is 0 Å². The molecule has 1 aromatic carbocycles. The first-order chi connectivity index (χ1) is 8.67. The van der Waals surface area contributed by atoms with Crippen LogP contribution in [0.2, 0.25) is 0 Å². The highest BCUT2D eigenvalue weighted by atomic mass is 16.5. The van der Waals surface area contributed by atoms with Gasteiger partial charge in [0.1, 0.15) is 18.0 Å². The van der Waals surface area contributed by atoms with Crippen molar-refractivity contribution in [3.8, 4) is 5.75 Å². The van der Waals surface area contributed by atoms with Crippen molar-refractivity contribution in [3.05, 3.63) is 29.3 Å². The predicted molar refractivity (Wildman–Crippen MR) is 73.2 cm³/mol. The molecular formula is C15H23NO2. The fourth-order valence-electron chi connectivity index (χ4n) is 2.41. The van der Waals surface area contributed by atoms with Crippen LogP contribution in [0.1, 0.15) is 24.5 Å². The molecule has 100 valence electrons. The molecule has 1 N–H and O–H groups in total. The molecule has 0 radical (unpaired) electrons. The highest BCUT2D eigenvalue weighted by Crippen LogP contribution is 2.31. The number of likely N-dealkylation sites (N-methyl/N-ethyl adjacent to an activating group) is 1. The lowest BCUT2D eigenvalue weighted by Gasteiger charge is -2.43. The third-order valence-corrected chi connectivity index (χ3v) is 3.81. The number of hydrogen-bond acceptors (Lipinski definition) is 3. The summed E-state index contributed by atoms with van der Waals surface area (Å²) < 4.78 is 11.8. The average molecular weight is 249 g/mol. The number of nitrogens with one attached hydrogen (secondary N) is 1. The molecule has 0 saturated heterocycles. The van der Waals surface area contributed by atoms with Gasteiger partial charge in [-0.1, -0.05) is 12.1 Å². The van der Waals surface area contributed by atoms with E-state index in [9.17, 15) is 0 Å². The molecule has 0 amide bonds. The number of ether oxygens (including phenoxy) is 2. The Kier molecular flexibility index (Phi) is 4.25. The van der Waals surface area contributed by atoms with E-state index in [1.807, 2.05) is 26.1 Å². The van der Waals surface area contributed by atoms with Gasteiger partial charge in [-0.2, -0.15) is 0 Å². The smallest absolute Gasteiger partial charge is 0.128 e. The van der Waals surface area contributed by atoms with E-state index in [1.165, 1.54) is 11.1 Å². The zero-order valence-electron chi connectivity index (χ0n) is 11.7. The zero-order chi connectivity index (χ0) is 13.1. The number of rotatable bonds is 5. The van der Waals surface area contributed by atoms with Gasteiger partial charge in [0.05, 0.1) is 0 Å². The highest BCUT2D eigenvalue weighted by molar-refractivity contribution is 5.38. The van der Waals surface area contributed by atoms with E-state index in [0.29, 0.717) is 6.04 Å². The molecule has 0 spiro atoms. The Hall–Kier alpha value is -1.06. The van der Waals surface area contributed by atoms with Crippen molar-refractivity contribution in [1.82, 2.24) is 5.32 Å². The SMILES string of the molecule is CCOC1C(NC)CC1Oc1cccc(C)c1C. The van der Waals surface area contributed by atoms with E-state index in [4.69, 9.17) is 9.47 Å². The van der Waals surface area contributed by atoms with Crippen molar-refractivity contribution < 1.29 is 9.47 Å². The van der Waals surface area contributed by atoms with Gasteiger partial charge in [0, 0.05) is 19.1 Å². The Bertz CT molecular complexity index is 405. The fraction of sp³-hybridized carbons (Fsp3) is 0.600. The Balaban J connectivity index is 2.03. The van der Waals surface area contributed by atoms with E-state index in [-0.39, 0.29) is 12.2 Å². The first-order valence-corrected chi connectivity index (χ1v) is 6.69. The van der Waals surface area contributed by atoms with Gasteiger partial charge in [-0.05, 0) is 45.0 Å². The summed E-state index contributed by atoms with van der Waals surface area (Å²) in [5, 5.41) is 3.27. The van der Waals surface area contributed by atoms with Gasteiger partial charge in [0.25, 0.3) is 0 Å². The molecule has 3 unspecified atom stereocenters. The number of benzene rings is 1. The molecule has 3 heteroatoms. The van der Waals surface area contributed by atoms with Crippen LogP contribution in [0.15, 0.2) is 18.2 Å². The minimum Gasteiger partial charge on any atom is -0.487 e. The third-order valence-electron chi connectivity index (χ3n) is 3.81. The molecule has 1 aromatic rings. The van der Waals surface area contributed by atoms with Crippen LogP contribution in [-0.4, -0.2) is 31.9 Å². The second-order valence-corrected chi connectivity index (χ2v) is 4.91. The van der Waals surface area contributed by atoms with Gasteiger partial charge in [-0.15, -0.1) is 0 Å². The monoisotopic (exact) mass is 249 g/mol. The quantitative estimate of drug-likeness (QED) is 0.869. The zero-order valence-corrected chi connectivity index (χ0v) is 11.7. The van der Waals surface area contributed by atoms with Gasteiger partial charge in [0.2, 0.25) is 0 Å². The predicted octanol–water partition coefficient (Wildman–Crippen LogP) is 2.45. The summed E-state index contributed by atoms with van der Waals surface area (Å²) in [7, 11) is 1.98. The van der Waals surface area contributed by atoms with E-state index in [1.54, 1.807) is 0 Å². The molecule has 3 atom stereocenters. The minimum atomic E-state index is 0.167. The van der Waals surface area contributed by atoms with Crippen LogP contribution in [0, 0.1) is 13.8 Å². The Morgan fingerprint density at radius 1 is 1.33 bits per heavy atom. The topological polar surface area (TPSA) is 30.5 Å².